The molecule has 0 unspecified atom stereocenters. The van der Waals surface area contributed by atoms with E-state index in [1.54, 1.807) is 12.2 Å². The maximum Gasteiger partial charge on any atom is 0.122 e. The lowest BCUT2D eigenvalue weighted by molar-refractivity contribution is 0.481. The van der Waals surface area contributed by atoms with Crippen LogP contribution in [0.5, 0.6) is 0 Å². The van der Waals surface area contributed by atoms with Gasteiger partial charge in [0.25, 0.3) is 0 Å². The van der Waals surface area contributed by atoms with Crippen molar-refractivity contribution in [3.05, 3.63) is 12.2 Å². The monoisotopic (exact) mass is 118 g/mol. The molecule has 40 valence electrons. The van der Waals surface area contributed by atoms with Gasteiger partial charge < -0.3 is 9.79 Å². The first-order valence-electron chi connectivity index (χ1n) is 2.05. The summed E-state index contributed by atoms with van der Waals surface area (Å²) in [7, 11) is -2.53. The third kappa shape index (κ3) is 1.16. The van der Waals surface area contributed by atoms with E-state index in [0.717, 1.165) is 0 Å². The Bertz CT molecular complexity index is 142. The van der Waals surface area contributed by atoms with Crippen molar-refractivity contribution in [2.24, 2.45) is 0 Å². The highest BCUT2D eigenvalue weighted by atomic mass is 31.2. The molecule has 0 bridgehead atoms. The molecule has 3 heteroatoms. The summed E-state index contributed by atoms with van der Waals surface area (Å²) in [5.74, 6) is 1.47. The molecule has 0 aromatic rings. The van der Waals surface area contributed by atoms with Crippen molar-refractivity contribution in [3.63, 3.8) is 0 Å². The molecule has 0 spiro atoms. The average molecular weight is 118 g/mol. The molecule has 1 aliphatic rings. The Kier molecular flexibility index (Phi) is 1.08. The summed E-state index contributed by atoms with van der Waals surface area (Å²) in [5.41, 5.74) is 0. The molecule has 0 aromatic heterocycles. The molecule has 0 radical (unpaired) electrons. The van der Waals surface area contributed by atoms with Crippen LogP contribution < -0.4 is 0 Å². The Morgan fingerprint density at radius 1 is 1.43 bits per heavy atom. The predicted octanol–water partition coefficient (Wildman–Crippen LogP) is 0.191. The molecular weight excluding hydrogens is 111 g/mol. The predicted molar refractivity (Wildman–Crippen MR) is 31.4 cm³/mol. The van der Waals surface area contributed by atoms with Gasteiger partial charge in [0, 0.05) is 6.16 Å². The van der Waals surface area contributed by atoms with Crippen molar-refractivity contribution >= 4 is 13.1 Å². The molecule has 0 amide bonds. The second kappa shape index (κ2) is 1.48. The van der Waals surface area contributed by atoms with Crippen LogP contribution in [0.25, 0.3) is 0 Å². The maximum absolute atomic E-state index is 8.74. The van der Waals surface area contributed by atoms with Gasteiger partial charge in [-0.2, -0.15) is 0 Å². The minimum Gasteiger partial charge on any atom is -0.353 e. The topological polar surface area (TPSA) is 40.5 Å². The summed E-state index contributed by atoms with van der Waals surface area (Å²) < 4.78 is 0. The minimum atomic E-state index is -2.53. The molecule has 0 saturated heterocycles. The van der Waals surface area contributed by atoms with Gasteiger partial charge in [-0.15, -0.1) is 0 Å². The molecule has 0 fully saturated rings. The van der Waals surface area contributed by atoms with Gasteiger partial charge in [0.1, 0.15) is 7.34 Å². The largest absolute Gasteiger partial charge is 0.353 e. The Hall–Kier alpha value is -0.0400. The van der Waals surface area contributed by atoms with Crippen molar-refractivity contribution in [1.82, 2.24) is 0 Å². The molecule has 1 rings (SSSR count). The summed E-state index contributed by atoms with van der Waals surface area (Å²) in [6, 6.07) is 0. The third-order valence-corrected chi connectivity index (χ3v) is 2.23. The first-order valence-corrected chi connectivity index (χ1v) is 4.00. The van der Waals surface area contributed by atoms with Gasteiger partial charge in [0.15, 0.2) is 0 Å². The van der Waals surface area contributed by atoms with Crippen LogP contribution in [0.4, 0.5) is 0 Å². The van der Waals surface area contributed by atoms with E-state index in [1.807, 2.05) is 0 Å². The van der Waals surface area contributed by atoms with E-state index >= 15 is 0 Å². The highest BCUT2D eigenvalue weighted by Crippen LogP contribution is 2.38. The third-order valence-electron chi connectivity index (χ3n) is 0.835. The van der Waals surface area contributed by atoms with Gasteiger partial charge in [-0.3, -0.25) is 0 Å². The quantitative estimate of drug-likeness (QED) is 0.446. The standard InChI is InChI=1S/C4H7O2P/c5-7(6)3-1-2-4-7/h1-3,5-6H,4H2. The summed E-state index contributed by atoms with van der Waals surface area (Å²) in [4.78, 5) is 17.5. The van der Waals surface area contributed by atoms with Crippen LogP contribution in [0, 0.1) is 0 Å². The molecule has 0 aromatic carbocycles. The first kappa shape index (κ1) is 5.10. The second-order valence-electron chi connectivity index (χ2n) is 1.55. The van der Waals surface area contributed by atoms with E-state index in [-0.39, 0.29) is 0 Å². The Morgan fingerprint density at radius 2 is 2.14 bits per heavy atom. The van der Waals surface area contributed by atoms with E-state index in [2.05, 4.69) is 0 Å². The fourth-order valence-electron chi connectivity index (χ4n) is 0.476. The van der Waals surface area contributed by atoms with E-state index in [4.69, 9.17) is 9.79 Å². The molecule has 0 saturated carbocycles. The van der Waals surface area contributed by atoms with Crippen molar-refractivity contribution in [2.45, 2.75) is 0 Å². The molecule has 7 heavy (non-hydrogen) atoms. The van der Waals surface area contributed by atoms with Gasteiger partial charge >= 0.3 is 0 Å². The lowest BCUT2D eigenvalue weighted by atomic mass is 10.6. The van der Waals surface area contributed by atoms with E-state index < -0.39 is 7.34 Å². The van der Waals surface area contributed by atoms with Gasteiger partial charge in [-0.1, -0.05) is 12.2 Å². The summed E-state index contributed by atoms with van der Waals surface area (Å²) in [5, 5.41) is 0. The second-order valence-corrected chi connectivity index (χ2v) is 3.78. The normalized spacial score (nSPS) is 24.9. The number of hydrogen-bond donors (Lipinski definition) is 2. The summed E-state index contributed by atoms with van der Waals surface area (Å²) in [6.45, 7) is 0. The summed E-state index contributed by atoms with van der Waals surface area (Å²) in [6.07, 6.45) is 3.88. The van der Waals surface area contributed by atoms with Gasteiger partial charge in [-0.05, 0) is 5.80 Å². The zero-order valence-electron chi connectivity index (χ0n) is 3.78. The lowest BCUT2D eigenvalue weighted by Gasteiger charge is -2.01. The fourth-order valence-corrected chi connectivity index (χ4v) is 1.43. The Morgan fingerprint density at radius 3 is 2.29 bits per heavy atom. The maximum atomic E-state index is 8.74. The number of hydrogen-bond acceptors (Lipinski definition) is 2. The highest BCUT2D eigenvalue weighted by Gasteiger charge is 2.06. The Labute approximate surface area is 42.2 Å². The van der Waals surface area contributed by atoms with Crippen LogP contribution in [0.2, 0.25) is 0 Å². The number of allylic oxidation sites excluding steroid dienone is 2. The molecule has 0 aliphatic carbocycles. The van der Waals surface area contributed by atoms with Crippen molar-refractivity contribution in [3.8, 4) is 0 Å². The van der Waals surface area contributed by atoms with Gasteiger partial charge in [-0.25, -0.2) is 0 Å². The smallest absolute Gasteiger partial charge is 0.122 e. The van der Waals surface area contributed by atoms with Crippen molar-refractivity contribution in [2.75, 3.05) is 6.16 Å². The molecule has 1 heterocycles. The molecule has 0 atom stereocenters. The zero-order valence-corrected chi connectivity index (χ0v) is 4.68. The molecule has 1 aliphatic heterocycles. The highest BCUT2D eigenvalue weighted by molar-refractivity contribution is 7.64. The molecule has 2 nitrogen and oxygen atoms in total. The van der Waals surface area contributed by atoms with Crippen LogP contribution in [-0.4, -0.2) is 21.7 Å². The zero-order chi connectivity index (χ0) is 5.33. The number of rotatable bonds is 0. The van der Waals surface area contributed by atoms with E-state index in [0.29, 0.717) is 6.16 Å². The van der Waals surface area contributed by atoms with Crippen LogP contribution in [-0.2, 0) is 0 Å². The average Bonchev–Trinajstić information content (AvgIpc) is 1.84. The SMILES string of the molecule is OP1(O)=CC=CC1. The van der Waals surface area contributed by atoms with Gasteiger partial charge in [0.05, 0.1) is 0 Å². The fraction of sp³-hybridized carbons (Fsp3) is 0.250. The van der Waals surface area contributed by atoms with E-state index in [9.17, 15) is 0 Å². The van der Waals surface area contributed by atoms with Crippen molar-refractivity contribution < 1.29 is 9.79 Å². The van der Waals surface area contributed by atoms with Crippen LogP contribution >= 0.6 is 7.34 Å². The molecular formula is C4H7O2P. The Balaban J connectivity index is 2.80. The summed E-state index contributed by atoms with van der Waals surface area (Å²) >= 11 is 0. The van der Waals surface area contributed by atoms with Crippen LogP contribution in [0.15, 0.2) is 12.2 Å². The first-order chi connectivity index (χ1) is 3.21. The van der Waals surface area contributed by atoms with Crippen LogP contribution in [0.3, 0.4) is 0 Å². The molecule has 2 N–H and O–H groups in total. The van der Waals surface area contributed by atoms with Crippen molar-refractivity contribution in [1.29, 1.82) is 0 Å². The van der Waals surface area contributed by atoms with E-state index in [1.165, 1.54) is 5.80 Å². The van der Waals surface area contributed by atoms with Crippen LogP contribution in [0.1, 0.15) is 0 Å². The lowest BCUT2D eigenvalue weighted by Crippen LogP contribution is -1.78. The van der Waals surface area contributed by atoms with Gasteiger partial charge in [0.2, 0.25) is 0 Å². The minimum absolute atomic E-state index is 0.438.